The first kappa shape index (κ1) is 17.0. The summed E-state index contributed by atoms with van der Waals surface area (Å²) in [5.41, 5.74) is 2.56. The van der Waals surface area contributed by atoms with Crippen LogP contribution in [0.15, 0.2) is 54.0 Å². The van der Waals surface area contributed by atoms with Crippen LogP contribution in [-0.4, -0.2) is 51.7 Å². The van der Waals surface area contributed by atoms with Gasteiger partial charge in [0, 0.05) is 37.6 Å². The second kappa shape index (κ2) is 7.43. The van der Waals surface area contributed by atoms with Crippen molar-refractivity contribution in [1.29, 1.82) is 0 Å². The Morgan fingerprint density at radius 3 is 2.54 bits per heavy atom. The van der Waals surface area contributed by atoms with Gasteiger partial charge in [0.25, 0.3) is 5.91 Å². The highest BCUT2D eigenvalue weighted by Gasteiger charge is 2.25. The van der Waals surface area contributed by atoms with Gasteiger partial charge in [0.2, 0.25) is 0 Å². The predicted octanol–water partition coefficient (Wildman–Crippen LogP) is 3.20. The van der Waals surface area contributed by atoms with Gasteiger partial charge in [0.15, 0.2) is 0 Å². The van der Waals surface area contributed by atoms with Crippen LogP contribution in [0.2, 0.25) is 0 Å². The number of nitrogens with zero attached hydrogens (tertiary/aromatic N) is 4. The maximum absolute atomic E-state index is 12.9. The molecule has 1 amide bonds. The number of hydrogen-bond acceptors (Lipinski definition) is 4. The van der Waals surface area contributed by atoms with Gasteiger partial charge in [-0.2, -0.15) is 5.10 Å². The van der Waals surface area contributed by atoms with Crippen LogP contribution in [-0.2, 0) is 6.54 Å². The summed E-state index contributed by atoms with van der Waals surface area (Å²) in [7, 11) is 0. The minimum atomic E-state index is 0.0838. The third-order valence-corrected chi connectivity index (χ3v) is 5.72. The number of carbonyl (C=O) groups excluding carboxylic acids is 1. The number of piperazine rings is 1. The molecule has 1 aliphatic heterocycles. The minimum Gasteiger partial charge on any atom is -0.336 e. The molecule has 0 radical (unpaired) electrons. The van der Waals surface area contributed by atoms with Crippen LogP contribution < -0.4 is 0 Å². The molecule has 3 aromatic rings. The fraction of sp³-hybridized carbons (Fsp3) is 0.300. The lowest BCUT2D eigenvalue weighted by atomic mass is 10.2. The van der Waals surface area contributed by atoms with Crippen molar-refractivity contribution in [3.63, 3.8) is 0 Å². The summed E-state index contributed by atoms with van der Waals surface area (Å²) in [6.45, 7) is 6.29. The summed E-state index contributed by atoms with van der Waals surface area (Å²) < 4.78 is 1.83. The Morgan fingerprint density at radius 1 is 1.08 bits per heavy atom. The van der Waals surface area contributed by atoms with Crippen molar-refractivity contribution in [2.24, 2.45) is 0 Å². The second-order valence-corrected chi connectivity index (χ2v) is 7.57. The minimum absolute atomic E-state index is 0.0838. The summed E-state index contributed by atoms with van der Waals surface area (Å²) in [6, 6.07) is 14.2. The van der Waals surface area contributed by atoms with Crippen molar-refractivity contribution < 1.29 is 4.79 Å². The number of rotatable bonds is 4. The highest BCUT2D eigenvalue weighted by Crippen LogP contribution is 2.18. The summed E-state index contributed by atoms with van der Waals surface area (Å²) in [4.78, 5) is 18.7. The standard InChI is InChI=1S/C20H22N4OS/c1-16-19(14-21-24(16)17-6-3-2-4-7-17)20(25)23-11-9-22(10-12-23)15-18-8-5-13-26-18/h2-8,13-14H,9-12,15H2,1H3. The molecule has 26 heavy (non-hydrogen) atoms. The Hall–Kier alpha value is -2.44. The SMILES string of the molecule is Cc1c(C(=O)N2CCN(Cc3cccs3)CC2)cnn1-c1ccccc1. The fourth-order valence-electron chi connectivity index (χ4n) is 3.35. The third-order valence-electron chi connectivity index (χ3n) is 4.86. The first-order valence-electron chi connectivity index (χ1n) is 8.86. The molecule has 0 atom stereocenters. The Kier molecular flexibility index (Phi) is 4.86. The van der Waals surface area contributed by atoms with Crippen LogP contribution in [0.4, 0.5) is 0 Å². The Labute approximate surface area is 157 Å². The van der Waals surface area contributed by atoms with Gasteiger partial charge >= 0.3 is 0 Å². The molecule has 134 valence electrons. The molecule has 4 rings (SSSR count). The van der Waals surface area contributed by atoms with E-state index >= 15 is 0 Å². The van der Waals surface area contributed by atoms with Crippen LogP contribution in [0.5, 0.6) is 0 Å². The summed E-state index contributed by atoms with van der Waals surface area (Å²) in [6.07, 6.45) is 1.70. The number of aromatic nitrogens is 2. The molecular formula is C20H22N4OS. The maximum Gasteiger partial charge on any atom is 0.257 e. The quantitative estimate of drug-likeness (QED) is 0.712. The van der Waals surface area contributed by atoms with E-state index < -0.39 is 0 Å². The molecule has 0 spiro atoms. The molecule has 2 aromatic heterocycles. The third kappa shape index (κ3) is 3.43. The zero-order valence-electron chi connectivity index (χ0n) is 14.8. The first-order chi connectivity index (χ1) is 12.7. The van der Waals surface area contributed by atoms with Gasteiger partial charge in [-0.3, -0.25) is 9.69 Å². The summed E-state index contributed by atoms with van der Waals surface area (Å²) in [5, 5.41) is 6.54. The van der Waals surface area contributed by atoms with E-state index in [-0.39, 0.29) is 5.91 Å². The van der Waals surface area contributed by atoms with Crippen LogP contribution in [0.1, 0.15) is 20.9 Å². The number of thiophene rings is 1. The number of hydrogen-bond donors (Lipinski definition) is 0. The zero-order valence-corrected chi connectivity index (χ0v) is 15.7. The average molecular weight is 366 g/mol. The number of amides is 1. The van der Waals surface area contributed by atoms with Gasteiger partial charge in [0.05, 0.1) is 23.1 Å². The van der Waals surface area contributed by atoms with Gasteiger partial charge in [0.1, 0.15) is 0 Å². The smallest absolute Gasteiger partial charge is 0.257 e. The lowest BCUT2D eigenvalue weighted by molar-refractivity contribution is 0.0629. The van der Waals surface area contributed by atoms with E-state index in [4.69, 9.17) is 0 Å². The maximum atomic E-state index is 12.9. The zero-order chi connectivity index (χ0) is 17.9. The van der Waals surface area contributed by atoms with Crippen molar-refractivity contribution in [3.8, 4) is 5.69 Å². The molecule has 1 saturated heterocycles. The molecule has 0 N–H and O–H groups in total. The number of carbonyl (C=O) groups is 1. The van der Waals surface area contributed by atoms with Crippen molar-refractivity contribution in [2.75, 3.05) is 26.2 Å². The lowest BCUT2D eigenvalue weighted by Gasteiger charge is -2.34. The largest absolute Gasteiger partial charge is 0.336 e. The fourth-order valence-corrected chi connectivity index (χ4v) is 4.10. The van der Waals surface area contributed by atoms with Crippen LogP contribution in [0.25, 0.3) is 5.69 Å². The summed E-state index contributed by atoms with van der Waals surface area (Å²) >= 11 is 1.79. The van der Waals surface area contributed by atoms with Gasteiger partial charge in [-0.25, -0.2) is 4.68 Å². The number of para-hydroxylation sites is 1. The summed E-state index contributed by atoms with van der Waals surface area (Å²) in [5.74, 6) is 0.0838. The molecule has 3 heterocycles. The number of benzene rings is 1. The second-order valence-electron chi connectivity index (χ2n) is 6.54. The molecule has 6 heteroatoms. The van der Waals surface area contributed by atoms with Gasteiger partial charge in [-0.15, -0.1) is 11.3 Å². The van der Waals surface area contributed by atoms with Crippen LogP contribution in [0.3, 0.4) is 0 Å². The van der Waals surface area contributed by atoms with E-state index in [1.54, 1.807) is 17.5 Å². The van der Waals surface area contributed by atoms with E-state index in [1.807, 2.05) is 46.8 Å². The van der Waals surface area contributed by atoms with Crippen LogP contribution in [0, 0.1) is 6.92 Å². The van der Waals surface area contributed by atoms with Crippen molar-refractivity contribution in [3.05, 3.63) is 70.2 Å². The van der Waals surface area contributed by atoms with E-state index in [2.05, 4.69) is 27.5 Å². The predicted molar refractivity (Wildman–Crippen MR) is 104 cm³/mol. The molecule has 1 aliphatic rings. The molecule has 1 aromatic carbocycles. The van der Waals surface area contributed by atoms with Crippen LogP contribution >= 0.6 is 11.3 Å². The van der Waals surface area contributed by atoms with E-state index in [0.717, 1.165) is 44.1 Å². The molecular weight excluding hydrogens is 344 g/mol. The van der Waals surface area contributed by atoms with Crippen molar-refractivity contribution >= 4 is 17.2 Å². The van der Waals surface area contributed by atoms with E-state index in [9.17, 15) is 4.79 Å². The Balaban J connectivity index is 1.42. The normalized spacial score (nSPS) is 15.3. The Morgan fingerprint density at radius 2 is 1.85 bits per heavy atom. The van der Waals surface area contributed by atoms with Gasteiger partial charge in [-0.05, 0) is 30.5 Å². The highest BCUT2D eigenvalue weighted by molar-refractivity contribution is 7.09. The van der Waals surface area contributed by atoms with E-state index in [1.165, 1.54) is 4.88 Å². The van der Waals surface area contributed by atoms with Crippen molar-refractivity contribution in [2.45, 2.75) is 13.5 Å². The van der Waals surface area contributed by atoms with E-state index in [0.29, 0.717) is 5.56 Å². The van der Waals surface area contributed by atoms with Crippen molar-refractivity contribution in [1.82, 2.24) is 19.6 Å². The first-order valence-corrected chi connectivity index (χ1v) is 9.74. The Bertz CT molecular complexity index is 865. The molecule has 0 bridgehead atoms. The molecule has 0 unspecified atom stereocenters. The molecule has 0 aliphatic carbocycles. The van der Waals surface area contributed by atoms with Gasteiger partial charge < -0.3 is 4.90 Å². The topological polar surface area (TPSA) is 41.4 Å². The lowest BCUT2D eigenvalue weighted by Crippen LogP contribution is -2.48. The van der Waals surface area contributed by atoms with Gasteiger partial charge in [-0.1, -0.05) is 24.3 Å². The molecule has 1 fully saturated rings. The molecule has 0 saturated carbocycles. The monoisotopic (exact) mass is 366 g/mol. The molecule has 5 nitrogen and oxygen atoms in total. The average Bonchev–Trinajstić information content (AvgIpc) is 3.32. The highest BCUT2D eigenvalue weighted by atomic mass is 32.1.